The Kier molecular flexibility index (Phi) is 4.75. The van der Waals surface area contributed by atoms with E-state index < -0.39 is 10.0 Å². The van der Waals surface area contributed by atoms with E-state index in [1.54, 1.807) is 13.2 Å². The fourth-order valence-electron chi connectivity index (χ4n) is 5.78. The number of halogens is 1. The van der Waals surface area contributed by atoms with Crippen LogP contribution in [0.5, 0.6) is 5.75 Å². The lowest BCUT2D eigenvalue weighted by molar-refractivity contribution is -0.185. The van der Waals surface area contributed by atoms with Gasteiger partial charge in [-0.05, 0) is 74.0 Å². The molecule has 1 aromatic rings. The van der Waals surface area contributed by atoms with Gasteiger partial charge in [-0.3, -0.25) is 0 Å². The number of ether oxygens (including phenoxy) is 2. The van der Waals surface area contributed by atoms with E-state index in [0.29, 0.717) is 24.1 Å². The van der Waals surface area contributed by atoms with Crippen molar-refractivity contribution in [1.29, 1.82) is 0 Å². The lowest BCUT2D eigenvalue weighted by Gasteiger charge is -2.60. The second kappa shape index (κ2) is 6.66. The van der Waals surface area contributed by atoms with E-state index >= 15 is 0 Å². The van der Waals surface area contributed by atoms with E-state index in [1.807, 2.05) is 0 Å². The third kappa shape index (κ3) is 2.95. The van der Waals surface area contributed by atoms with Crippen LogP contribution >= 0.6 is 11.6 Å². The van der Waals surface area contributed by atoms with E-state index in [0.717, 1.165) is 37.5 Å². The zero-order chi connectivity index (χ0) is 18.5. The molecule has 0 atom stereocenters. The lowest BCUT2D eigenvalue weighted by Crippen LogP contribution is -2.63. The maximum absolute atomic E-state index is 12.8. The number of hydrogen-bond donors (Lipinski definition) is 1. The Morgan fingerprint density at radius 3 is 2.23 bits per heavy atom. The van der Waals surface area contributed by atoms with Crippen LogP contribution in [0, 0.1) is 23.7 Å². The van der Waals surface area contributed by atoms with Gasteiger partial charge in [0, 0.05) is 13.7 Å². The third-order valence-corrected chi connectivity index (χ3v) is 8.57. The fourth-order valence-corrected chi connectivity index (χ4v) is 7.21. The number of nitrogens with one attached hydrogen (secondary N) is 1. The van der Waals surface area contributed by atoms with Crippen molar-refractivity contribution in [3.63, 3.8) is 0 Å². The van der Waals surface area contributed by atoms with Gasteiger partial charge in [-0.2, -0.15) is 0 Å². The van der Waals surface area contributed by atoms with E-state index in [-0.39, 0.29) is 15.5 Å². The van der Waals surface area contributed by atoms with Gasteiger partial charge in [-0.15, -0.1) is 0 Å². The maximum Gasteiger partial charge on any atom is 0.240 e. The molecule has 0 saturated heterocycles. The van der Waals surface area contributed by atoms with Crippen molar-refractivity contribution in [3.05, 3.63) is 23.2 Å². The predicted molar refractivity (Wildman–Crippen MR) is 100.0 cm³/mol. The Bertz CT molecular complexity index is 767. The van der Waals surface area contributed by atoms with Crippen molar-refractivity contribution in [1.82, 2.24) is 4.72 Å². The molecule has 4 fully saturated rings. The van der Waals surface area contributed by atoms with Crippen molar-refractivity contribution in [2.24, 2.45) is 23.7 Å². The van der Waals surface area contributed by atoms with Crippen molar-refractivity contribution >= 4 is 21.6 Å². The van der Waals surface area contributed by atoms with Gasteiger partial charge in [0.25, 0.3) is 0 Å². The van der Waals surface area contributed by atoms with Crippen molar-refractivity contribution in [2.45, 2.75) is 42.6 Å². The molecule has 26 heavy (non-hydrogen) atoms. The van der Waals surface area contributed by atoms with Gasteiger partial charge in [0.2, 0.25) is 10.0 Å². The van der Waals surface area contributed by atoms with E-state index in [4.69, 9.17) is 21.1 Å². The van der Waals surface area contributed by atoms with Gasteiger partial charge in [0.05, 0.1) is 22.6 Å². The smallest absolute Gasteiger partial charge is 0.240 e. The summed E-state index contributed by atoms with van der Waals surface area (Å²) < 4.78 is 39.6. The summed E-state index contributed by atoms with van der Waals surface area (Å²) in [5.41, 5.74) is -0.378. The van der Waals surface area contributed by atoms with Gasteiger partial charge in [-0.25, -0.2) is 13.1 Å². The summed E-state index contributed by atoms with van der Waals surface area (Å²) in [6.07, 6.45) is 6.00. The Hall–Kier alpha value is -0.820. The molecule has 4 bridgehead atoms. The average molecular weight is 400 g/mol. The molecule has 0 aliphatic heterocycles. The molecule has 5 rings (SSSR count). The van der Waals surface area contributed by atoms with Gasteiger partial charge >= 0.3 is 0 Å². The first-order chi connectivity index (χ1) is 12.4. The molecule has 0 aromatic heterocycles. The molecular formula is C19H26ClNO4S. The van der Waals surface area contributed by atoms with Crippen LogP contribution in [0.1, 0.15) is 32.1 Å². The minimum Gasteiger partial charge on any atom is -0.495 e. The molecule has 144 valence electrons. The summed E-state index contributed by atoms with van der Waals surface area (Å²) in [6.45, 7) is 0.324. The molecule has 1 N–H and O–H groups in total. The number of sulfonamides is 1. The third-order valence-electron chi connectivity index (χ3n) is 6.87. The Morgan fingerprint density at radius 2 is 1.73 bits per heavy atom. The van der Waals surface area contributed by atoms with Gasteiger partial charge < -0.3 is 9.47 Å². The molecule has 4 aliphatic rings. The number of methoxy groups -OCH3 is 2. The molecule has 0 unspecified atom stereocenters. The van der Waals surface area contributed by atoms with E-state index in [2.05, 4.69) is 4.72 Å². The second-order valence-electron chi connectivity index (χ2n) is 8.08. The standard InChI is InChI=1S/C19H26ClNO4S/c1-24-18-4-3-16(10-17(18)20)26(22,23)21-11-19(25-2)14-6-12-5-13(8-14)9-15(19)7-12/h3-4,10,12-15,21H,5-9,11H2,1-2H3. The van der Waals surface area contributed by atoms with Crippen LogP contribution in [-0.4, -0.2) is 34.8 Å². The molecule has 0 spiro atoms. The van der Waals surface area contributed by atoms with Crippen LogP contribution in [0.2, 0.25) is 5.02 Å². The highest BCUT2D eigenvalue weighted by Gasteiger charge is 2.57. The Balaban J connectivity index is 1.54. The predicted octanol–water partition coefficient (Wildman–Crippen LogP) is 3.47. The first-order valence-corrected chi connectivity index (χ1v) is 11.1. The molecule has 0 amide bonds. The Labute approximate surface area is 160 Å². The highest BCUT2D eigenvalue weighted by molar-refractivity contribution is 7.89. The first kappa shape index (κ1) is 18.5. The fraction of sp³-hybridized carbons (Fsp3) is 0.684. The minimum absolute atomic E-state index is 0.151. The maximum atomic E-state index is 12.8. The zero-order valence-electron chi connectivity index (χ0n) is 15.2. The molecule has 4 saturated carbocycles. The summed E-state index contributed by atoms with van der Waals surface area (Å²) in [7, 11) is -0.419. The van der Waals surface area contributed by atoms with Crippen LogP contribution < -0.4 is 9.46 Å². The van der Waals surface area contributed by atoms with Crippen LogP contribution in [0.25, 0.3) is 0 Å². The van der Waals surface area contributed by atoms with E-state index in [9.17, 15) is 8.42 Å². The zero-order valence-corrected chi connectivity index (χ0v) is 16.8. The molecule has 5 nitrogen and oxygen atoms in total. The van der Waals surface area contributed by atoms with Crippen LogP contribution in [0.3, 0.4) is 0 Å². The SMILES string of the molecule is COc1ccc(S(=O)(=O)NCC2(OC)C3CC4CC(C3)CC2C4)cc1Cl. The number of benzene rings is 1. The number of hydrogen-bond acceptors (Lipinski definition) is 4. The molecular weight excluding hydrogens is 374 g/mol. The van der Waals surface area contributed by atoms with E-state index in [1.165, 1.54) is 25.7 Å². The first-order valence-electron chi connectivity index (χ1n) is 9.26. The molecule has 7 heteroatoms. The summed E-state index contributed by atoms with van der Waals surface area (Å²) in [5, 5.41) is 0.284. The minimum atomic E-state index is -3.66. The van der Waals surface area contributed by atoms with Crippen LogP contribution in [0.15, 0.2) is 23.1 Å². The van der Waals surface area contributed by atoms with Gasteiger partial charge in [-0.1, -0.05) is 11.6 Å². The van der Waals surface area contributed by atoms with Crippen molar-refractivity contribution < 1.29 is 17.9 Å². The van der Waals surface area contributed by atoms with Crippen LogP contribution in [0.4, 0.5) is 0 Å². The highest BCUT2D eigenvalue weighted by Crippen LogP contribution is 2.59. The van der Waals surface area contributed by atoms with Crippen molar-refractivity contribution in [2.75, 3.05) is 20.8 Å². The van der Waals surface area contributed by atoms with Crippen LogP contribution in [-0.2, 0) is 14.8 Å². The molecule has 0 heterocycles. The molecule has 4 aliphatic carbocycles. The Morgan fingerprint density at radius 1 is 1.12 bits per heavy atom. The quantitative estimate of drug-likeness (QED) is 0.795. The summed E-state index contributed by atoms with van der Waals surface area (Å²) in [5.74, 6) is 2.97. The average Bonchev–Trinajstić information content (AvgIpc) is 2.61. The second-order valence-corrected chi connectivity index (χ2v) is 10.3. The highest BCUT2D eigenvalue weighted by atomic mass is 35.5. The monoisotopic (exact) mass is 399 g/mol. The van der Waals surface area contributed by atoms with Crippen molar-refractivity contribution in [3.8, 4) is 5.75 Å². The summed E-state index contributed by atoms with van der Waals surface area (Å²) >= 11 is 6.10. The largest absolute Gasteiger partial charge is 0.495 e. The summed E-state index contributed by atoms with van der Waals surface area (Å²) in [4.78, 5) is 0.151. The topological polar surface area (TPSA) is 64.6 Å². The van der Waals surface area contributed by atoms with Gasteiger partial charge in [0.1, 0.15) is 5.75 Å². The lowest BCUT2D eigenvalue weighted by atomic mass is 9.50. The summed E-state index contributed by atoms with van der Waals surface area (Å²) in [6, 6.07) is 4.52. The van der Waals surface area contributed by atoms with Gasteiger partial charge in [0.15, 0.2) is 0 Å². The molecule has 0 radical (unpaired) electrons. The normalized spacial score (nSPS) is 35.7. The molecule has 1 aromatic carbocycles. The number of rotatable bonds is 6.